The molecular weight excluding hydrogens is 669 g/mol. The molecule has 1 amide bonds. The lowest BCUT2D eigenvalue weighted by atomic mass is 10.0. The minimum Gasteiger partial charge on any atom is -1.00 e. The van der Waals surface area contributed by atoms with E-state index in [0.29, 0.717) is 28.6 Å². The average Bonchev–Trinajstić information content (AvgIpc) is 3.12. The van der Waals surface area contributed by atoms with Gasteiger partial charge in [-0.1, -0.05) is 91.0 Å². The minimum atomic E-state index is -2.08. The summed E-state index contributed by atoms with van der Waals surface area (Å²) in [5.41, 5.74) is 0.870. The van der Waals surface area contributed by atoms with Crippen LogP contribution >= 0.6 is 7.26 Å². The monoisotopic (exact) mass is 699 g/mol. The molecule has 6 aromatic carbocycles. The molecule has 1 aromatic heterocycles. The van der Waals surface area contributed by atoms with E-state index >= 15 is 0 Å². The molecule has 0 saturated carbocycles. The van der Waals surface area contributed by atoms with Crippen molar-refractivity contribution >= 4 is 50.8 Å². The average molecular weight is 701 g/mol. The van der Waals surface area contributed by atoms with Crippen molar-refractivity contribution in [3.63, 3.8) is 0 Å². The predicted octanol–water partition coefficient (Wildman–Crippen LogP) is 4.05. The van der Waals surface area contributed by atoms with Crippen molar-refractivity contribution < 1.29 is 31.3 Å². The maximum absolute atomic E-state index is 13.4. The van der Waals surface area contributed by atoms with Gasteiger partial charge in [0.25, 0.3) is 5.91 Å². The lowest BCUT2D eigenvalue weighted by Crippen LogP contribution is -3.00. The largest absolute Gasteiger partial charge is 1.00 e. The van der Waals surface area contributed by atoms with E-state index in [2.05, 4.69) is 78.1 Å². The summed E-state index contributed by atoms with van der Waals surface area (Å²) in [4.78, 5) is 26.5. The summed E-state index contributed by atoms with van der Waals surface area (Å²) in [5.74, 6) is -0.583. The lowest BCUT2D eigenvalue weighted by Gasteiger charge is -2.27. The Balaban J connectivity index is 0.00000386. The van der Waals surface area contributed by atoms with Gasteiger partial charge < -0.3 is 31.8 Å². The van der Waals surface area contributed by atoms with E-state index in [1.165, 1.54) is 15.9 Å². The van der Waals surface area contributed by atoms with Crippen LogP contribution in [0.5, 0.6) is 5.75 Å². The van der Waals surface area contributed by atoms with E-state index in [9.17, 15) is 14.7 Å². The maximum atomic E-state index is 13.4. The van der Waals surface area contributed by atoms with E-state index < -0.39 is 18.4 Å². The second-order valence-corrected chi connectivity index (χ2v) is 14.8. The molecule has 0 radical (unpaired) electrons. The van der Waals surface area contributed by atoms with Crippen LogP contribution in [0.1, 0.15) is 10.4 Å². The SMILES string of the molecule is O=C(NCC[P+](c1ccccc1)(c1ccccc1)c1ccccc1)c1ccc(-c2oc3cc4ccccc4cc3c(=O)c2O)cc1.[Br-]. The van der Waals surface area contributed by atoms with Crippen molar-refractivity contribution in [1.82, 2.24) is 5.32 Å². The normalized spacial score (nSPS) is 11.2. The Morgan fingerprint density at radius 2 is 1.15 bits per heavy atom. The third-order valence-electron chi connectivity index (χ3n) is 8.47. The van der Waals surface area contributed by atoms with E-state index in [4.69, 9.17) is 4.42 Å². The number of benzene rings is 6. The van der Waals surface area contributed by atoms with Crippen molar-refractivity contribution in [3.05, 3.63) is 167 Å². The molecule has 232 valence electrons. The van der Waals surface area contributed by atoms with Gasteiger partial charge in [0.2, 0.25) is 11.2 Å². The minimum absolute atomic E-state index is 0. The van der Waals surface area contributed by atoms with E-state index in [-0.39, 0.29) is 28.6 Å². The van der Waals surface area contributed by atoms with Crippen molar-refractivity contribution in [2.24, 2.45) is 0 Å². The highest BCUT2D eigenvalue weighted by Crippen LogP contribution is 2.54. The van der Waals surface area contributed by atoms with Gasteiger partial charge in [-0.3, -0.25) is 9.59 Å². The summed E-state index contributed by atoms with van der Waals surface area (Å²) in [6.07, 6.45) is 0.750. The zero-order chi connectivity index (χ0) is 31.5. The number of aromatic hydroxyl groups is 1. The predicted molar refractivity (Wildman–Crippen MR) is 189 cm³/mol. The molecule has 0 atom stereocenters. The Labute approximate surface area is 283 Å². The van der Waals surface area contributed by atoms with Gasteiger partial charge in [0.15, 0.2) is 5.76 Å². The molecule has 0 bridgehead atoms. The summed E-state index contributed by atoms with van der Waals surface area (Å²) in [6, 6.07) is 49.7. The molecule has 7 aromatic rings. The number of hydrogen-bond donors (Lipinski definition) is 2. The summed E-state index contributed by atoms with van der Waals surface area (Å²) in [5, 5.41) is 19.9. The topological polar surface area (TPSA) is 79.5 Å². The molecule has 47 heavy (non-hydrogen) atoms. The molecule has 0 aliphatic heterocycles. The number of halogens is 1. The van der Waals surface area contributed by atoms with Gasteiger partial charge in [-0.25, -0.2) is 0 Å². The molecule has 0 spiro atoms. The van der Waals surface area contributed by atoms with Crippen molar-refractivity contribution in [3.8, 4) is 17.1 Å². The highest BCUT2D eigenvalue weighted by Gasteiger charge is 2.44. The first-order valence-electron chi connectivity index (χ1n) is 15.2. The fourth-order valence-corrected chi connectivity index (χ4v) is 10.3. The highest BCUT2D eigenvalue weighted by atomic mass is 79.9. The summed E-state index contributed by atoms with van der Waals surface area (Å²) in [7, 11) is -2.08. The van der Waals surface area contributed by atoms with Crippen LogP contribution < -0.4 is 43.6 Å². The highest BCUT2D eigenvalue weighted by molar-refractivity contribution is 7.95. The van der Waals surface area contributed by atoms with Gasteiger partial charge in [0.05, 0.1) is 18.1 Å². The molecule has 0 aliphatic carbocycles. The molecular formula is C40H31BrNO4P. The Hall–Kier alpha value is -5.03. The molecule has 1 heterocycles. The number of hydrogen-bond acceptors (Lipinski definition) is 4. The lowest BCUT2D eigenvalue weighted by molar-refractivity contribution is -0.0000185. The van der Waals surface area contributed by atoms with Crippen molar-refractivity contribution in [1.29, 1.82) is 0 Å². The standard InChI is InChI=1S/C40H30NO4P.BrH/c42-37-35-26-30-12-10-11-13-31(30)27-36(35)45-39(38(37)43)28-20-22-29(23-21-28)40(44)41-24-25-46(32-14-4-1-5-15-32,33-16-6-2-7-17-33)34-18-8-3-9-19-34;/h1-23,26-27H,24-25H2,(H-,41,43,44);1H. The smallest absolute Gasteiger partial charge is 0.251 e. The van der Waals surface area contributed by atoms with Crippen LogP contribution in [0, 0.1) is 0 Å². The fourth-order valence-electron chi connectivity index (χ4n) is 6.16. The second-order valence-electron chi connectivity index (χ2n) is 11.2. The molecule has 7 heteroatoms. The van der Waals surface area contributed by atoms with Crippen LogP contribution in [-0.2, 0) is 0 Å². The number of carbonyl (C=O) groups is 1. The molecule has 0 unspecified atom stereocenters. The molecule has 0 fully saturated rings. The van der Waals surface area contributed by atoms with Crippen LogP contribution in [0.4, 0.5) is 0 Å². The molecule has 2 N–H and O–H groups in total. The van der Waals surface area contributed by atoms with Crippen LogP contribution in [-0.4, -0.2) is 23.7 Å². The van der Waals surface area contributed by atoms with Gasteiger partial charge in [-0.15, -0.1) is 0 Å². The maximum Gasteiger partial charge on any atom is 0.251 e. The van der Waals surface area contributed by atoms with E-state index in [0.717, 1.165) is 16.9 Å². The van der Waals surface area contributed by atoms with Gasteiger partial charge in [0.1, 0.15) is 28.8 Å². The van der Waals surface area contributed by atoms with Crippen LogP contribution in [0.25, 0.3) is 33.1 Å². The Kier molecular flexibility index (Phi) is 9.35. The molecule has 0 saturated heterocycles. The van der Waals surface area contributed by atoms with Crippen LogP contribution in [0.3, 0.4) is 0 Å². The van der Waals surface area contributed by atoms with Gasteiger partial charge >= 0.3 is 0 Å². The zero-order valence-corrected chi connectivity index (χ0v) is 27.8. The number of amides is 1. The number of carbonyl (C=O) groups excluding carboxylic acids is 1. The van der Waals surface area contributed by atoms with Crippen LogP contribution in [0.2, 0.25) is 0 Å². The summed E-state index contributed by atoms with van der Waals surface area (Å²) >= 11 is 0. The van der Waals surface area contributed by atoms with Crippen molar-refractivity contribution in [2.75, 3.05) is 12.7 Å². The molecule has 5 nitrogen and oxygen atoms in total. The first-order chi connectivity index (χ1) is 22.5. The third-order valence-corrected chi connectivity index (χ3v) is 12.9. The fraction of sp³-hybridized carbons (Fsp3) is 0.0500. The zero-order valence-electron chi connectivity index (χ0n) is 25.3. The first-order valence-corrected chi connectivity index (χ1v) is 17.1. The number of fused-ring (bicyclic) bond motifs is 2. The quantitative estimate of drug-likeness (QED) is 0.186. The summed E-state index contributed by atoms with van der Waals surface area (Å²) < 4.78 is 6.05. The number of rotatable bonds is 8. The Bertz CT molecular complexity index is 2130. The third kappa shape index (κ3) is 6.10. The molecule has 0 aliphatic rings. The Morgan fingerprint density at radius 3 is 1.68 bits per heavy atom. The van der Waals surface area contributed by atoms with Gasteiger partial charge in [-0.2, -0.15) is 0 Å². The molecule has 7 rings (SSSR count). The van der Waals surface area contributed by atoms with Crippen LogP contribution in [0.15, 0.2) is 161 Å². The first kappa shape index (κ1) is 31.9. The van der Waals surface area contributed by atoms with E-state index in [1.54, 1.807) is 36.4 Å². The van der Waals surface area contributed by atoms with E-state index in [1.807, 2.05) is 42.5 Å². The van der Waals surface area contributed by atoms with Gasteiger partial charge in [0, 0.05) is 11.1 Å². The number of nitrogens with one attached hydrogen (secondary N) is 1. The Morgan fingerprint density at radius 1 is 0.660 bits per heavy atom. The second kappa shape index (κ2) is 13.8. The summed E-state index contributed by atoms with van der Waals surface area (Å²) in [6.45, 7) is 0.474. The van der Waals surface area contributed by atoms with Gasteiger partial charge in [-0.05, 0) is 71.4 Å². The van der Waals surface area contributed by atoms with Crippen molar-refractivity contribution in [2.45, 2.75) is 0 Å².